The first kappa shape index (κ1) is 23.0. The first-order valence-corrected chi connectivity index (χ1v) is 10.4. The zero-order valence-electron chi connectivity index (χ0n) is 18.1. The van der Waals surface area contributed by atoms with Gasteiger partial charge in [-0.25, -0.2) is 0 Å². The Balaban J connectivity index is 1.97. The highest BCUT2D eigenvalue weighted by molar-refractivity contribution is 6.00. The van der Waals surface area contributed by atoms with Gasteiger partial charge in [-0.15, -0.1) is 0 Å². The average molecular weight is 434 g/mol. The van der Waals surface area contributed by atoms with E-state index in [-0.39, 0.29) is 30.5 Å². The summed E-state index contributed by atoms with van der Waals surface area (Å²) in [4.78, 5) is 26.6. The maximum Gasteiger partial charge on any atom is 0.251 e. The summed E-state index contributed by atoms with van der Waals surface area (Å²) in [5.74, 6) is -0.386. The van der Waals surface area contributed by atoms with Crippen LogP contribution in [0.3, 0.4) is 0 Å². The quantitative estimate of drug-likeness (QED) is 0.248. The first-order valence-electron chi connectivity index (χ1n) is 10.4. The highest BCUT2D eigenvalue weighted by atomic mass is 16.4. The van der Waals surface area contributed by atoms with E-state index in [2.05, 4.69) is 15.5 Å². The topological polar surface area (TPSA) is 115 Å². The minimum absolute atomic E-state index is 0.118. The van der Waals surface area contributed by atoms with E-state index in [0.717, 1.165) is 16.7 Å². The van der Waals surface area contributed by atoms with Gasteiger partial charge in [-0.3, -0.25) is 9.59 Å². The number of aromatic nitrogens is 1. The number of hydrogen-bond acceptors (Lipinski definition) is 5. The van der Waals surface area contributed by atoms with Crippen molar-refractivity contribution in [1.29, 1.82) is 0 Å². The van der Waals surface area contributed by atoms with E-state index in [1.165, 1.54) is 0 Å². The Labute approximate surface area is 186 Å². The van der Waals surface area contributed by atoms with Crippen molar-refractivity contribution in [1.82, 2.24) is 10.3 Å². The van der Waals surface area contributed by atoms with Gasteiger partial charge in [-0.05, 0) is 48.7 Å². The molecule has 0 radical (unpaired) electrons. The van der Waals surface area contributed by atoms with E-state index < -0.39 is 0 Å². The van der Waals surface area contributed by atoms with Crippen LogP contribution in [0.15, 0.2) is 70.7 Å². The van der Waals surface area contributed by atoms with E-state index in [1.54, 1.807) is 31.3 Å². The first-order chi connectivity index (χ1) is 15.4. The molecule has 32 heavy (non-hydrogen) atoms. The fourth-order valence-corrected chi connectivity index (χ4v) is 3.70. The van der Waals surface area contributed by atoms with Crippen LogP contribution in [0, 0.1) is 13.8 Å². The molecule has 3 rings (SSSR count). The zero-order chi connectivity index (χ0) is 23.1. The van der Waals surface area contributed by atoms with Gasteiger partial charge in [-0.1, -0.05) is 41.6 Å². The molecule has 0 fully saturated rings. The molecule has 1 heterocycles. The molecule has 1 aromatic heterocycles. The number of hydrogen-bond donors (Lipinski definition) is 4. The molecule has 166 valence electrons. The van der Waals surface area contributed by atoms with Crippen LogP contribution in [0.2, 0.25) is 0 Å². The molecular weight excluding hydrogens is 406 g/mol. The van der Waals surface area contributed by atoms with E-state index in [0.29, 0.717) is 28.8 Å². The number of aliphatic hydroxyl groups excluding tert-OH is 1. The number of aliphatic hydroxyl groups is 1. The Kier molecular flexibility index (Phi) is 7.57. The van der Waals surface area contributed by atoms with E-state index in [9.17, 15) is 14.8 Å². The van der Waals surface area contributed by atoms with Crippen molar-refractivity contribution >= 4 is 11.6 Å². The van der Waals surface area contributed by atoms with Crippen LogP contribution in [-0.2, 0) is 0 Å². The van der Waals surface area contributed by atoms with Crippen molar-refractivity contribution in [2.45, 2.75) is 26.2 Å². The number of amides is 1. The number of rotatable bonds is 8. The second-order valence-corrected chi connectivity index (χ2v) is 7.66. The Morgan fingerprint density at radius 3 is 2.41 bits per heavy atom. The highest BCUT2D eigenvalue weighted by Gasteiger charge is 2.21. The number of benzene rings is 2. The summed E-state index contributed by atoms with van der Waals surface area (Å²) in [6.45, 7) is 3.81. The standard InChI is InChI=1S/C25H27N3O4/c1-16-5-3-4-6-21(16)22(14-23(28-32)20-13-17(2)24(30)27-15-20)18-7-9-19(10-8-18)25(31)26-11-12-29/h3-10,13,15,22,29,32H,11-12,14H2,1-2H3,(H,26,31)(H,27,30)/b28-23+. The van der Waals surface area contributed by atoms with Gasteiger partial charge in [0.1, 0.15) is 0 Å². The molecule has 0 aliphatic carbocycles. The van der Waals surface area contributed by atoms with Gasteiger partial charge >= 0.3 is 0 Å². The summed E-state index contributed by atoms with van der Waals surface area (Å²) in [5.41, 5.74) is 5.07. The van der Waals surface area contributed by atoms with Crippen LogP contribution in [0.4, 0.5) is 0 Å². The van der Waals surface area contributed by atoms with Gasteiger partial charge in [0.15, 0.2) is 0 Å². The molecule has 0 spiro atoms. The lowest BCUT2D eigenvalue weighted by Gasteiger charge is -2.21. The molecule has 0 aliphatic heterocycles. The number of H-pyrrole nitrogens is 1. The number of carbonyl (C=O) groups is 1. The van der Waals surface area contributed by atoms with Crippen molar-refractivity contribution in [3.8, 4) is 0 Å². The molecule has 0 saturated carbocycles. The predicted molar refractivity (Wildman–Crippen MR) is 124 cm³/mol. The van der Waals surface area contributed by atoms with E-state index in [1.807, 2.05) is 43.3 Å². The van der Waals surface area contributed by atoms with Crippen LogP contribution < -0.4 is 10.9 Å². The molecule has 7 nitrogen and oxygen atoms in total. The lowest BCUT2D eigenvalue weighted by atomic mass is 9.83. The number of aromatic amines is 1. The van der Waals surface area contributed by atoms with Crippen LogP contribution in [0.1, 0.15) is 50.5 Å². The third kappa shape index (κ3) is 5.31. The largest absolute Gasteiger partial charge is 0.411 e. The van der Waals surface area contributed by atoms with Crippen molar-refractivity contribution in [2.24, 2.45) is 5.16 Å². The molecule has 0 aliphatic rings. The molecule has 2 aromatic carbocycles. The normalized spacial score (nSPS) is 12.4. The highest BCUT2D eigenvalue weighted by Crippen LogP contribution is 2.32. The minimum Gasteiger partial charge on any atom is -0.411 e. The molecule has 0 saturated heterocycles. The Morgan fingerprint density at radius 2 is 1.78 bits per heavy atom. The van der Waals surface area contributed by atoms with Crippen molar-refractivity contribution < 1.29 is 15.1 Å². The summed E-state index contributed by atoms with van der Waals surface area (Å²) in [5, 5.41) is 24.8. The third-order valence-corrected chi connectivity index (χ3v) is 5.48. The number of carbonyl (C=O) groups excluding carboxylic acids is 1. The third-order valence-electron chi connectivity index (χ3n) is 5.48. The van der Waals surface area contributed by atoms with Gasteiger partial charge in [0.05, 0.1) is 12.3 Å². The van der Waals surface area contributed by atoms with Gasteiger partial charge < -0.3 is 20.6 Å². The van der Waals surface area contributed by atoms with E-state index in [4.69, 9.17) is 5.11 Å². The lowest BCUT2D eigenvalue weighted by Crippen LogP contribution is -2.26. The van der Waals surface area contributed by atoms with Crippen LogP contribution >= 0.6 is 0 Å². The zero-order valence-corrected chi connectivity index (χ0v) is 18.1. The molecular formula is C25H27N3O4. The number of nitrogens with one attached hydrogen (secondary N) is 2. The second-order valence-electron chi connectivity index (χ2n) is 7.66. The number of oxime groups is 1. The Bertz CT molecular complexity index is 1170. The minimum atomic E-state index is -0.251. The summed E-state index contributed by atoms with van der Waals surface area (Å²) < 4.78 is 0. The predicted octanol–water partition coefficient (Wildman–Crippen LogP) is 3.11. The van der Waals surface area contributed by atoms with Crippen LogP contribution in [0.5, 0.6) is 0 Å². The Morgan fingerprint density at radius 1 is 1.06 bits per heavy atom. The number of nitrogens with zero attached hydrogens (tertiary/aromatic N) is 1. The van der Waals surface area contributed by atoms with Crippen molar-refractivity contribution in [3.63, 3.8) is 0 Å². The molecule has 0 bridgehead atoms. The maximum atomic E-state index is 12.2. The van der Waals surface area contributed by atoms with Gasteiger partial charge in [0, 0.05) is 41.8 Å². The number of aryl methyl sites for hydroxylation is 2. The maximum absolute atomic E-state index is 12.2. The fourth-order valence-electron chi connectivity index (χ4n) is 3.70. The summed E-state index contributed by atoms with van der Waals surface area (Å²) >= 11 is 0. The van der Waals surface area contributed by atoms with Gasteiger partial charge in [0.25, 0.3) is 11.5 Å². The van der Waals surface area contributed by atoms with Gasteiger partial charge in [0.2, 0.25) is 0 Å². The molecule has 4 N–H and O–H groups in total. The molecule has 3 aromatic rings. The SMILES string of the molecule is Cc1ccccc1C(C/C(=N\O)c1c[nH]c(=O)c(C)c1)c1ccc(C(=O)NCCO)cc1. The second kappa shape index (κ2) is 10.5. The fraction of sp³-hybridized carbons (Fsp3) is 0.240. The van der Waals surface area contributed by atoms with Crippen molar-refractivity contribution in [2.75, 3.05) is 13.2 Å². The smallest absolute Gasteiger partial charge is 0.251 e. The van der Waals surface area contributed by atoms with E-state index >= 15 is 0 Å². The summed E-state index contributed by atoms with van der Waals surface area (Å²) in [6, 6.07) is 17.0. The molecule has 1 amide bonds. The Hall–Kier alpha value is -3.71. The number of pyridine rings is 1. The average Bonchev–Trinajstić information content (AvgIpc) is 2.81. The van der Waals surface area contributed by atoms with Gasteiger partial charge in [-0.2, -0.15) is 0 Å². The van der Waals surface area contributed by atoms with Crippen LogP contribution in [-0.4, -0.2) is 40.1 Å². The van der Waals surface area contributed by atoms with Crippen LogP contribution in [0.25, 0.3) is 0 Å². The van der Waals surface area contributed by atoms with Crippen molar-refractivity contribution in [3.05, 3.63) is 105 Å². The monoisotopic (exact) mass is 433 g/mol. The lowest BCUT2D eigenvalue weighted by molar-refractivity contribution is 0.0944. The molecule has 1 atom stereocenters. The summed E-state index contributed by atoms with van der Waals surface area (Å²) in [7, 11) is 0. The molecule has 7 heteroatoms. The summed E-state index contributed by atoms with van der Waals surface area (Å²) in [6.07, 6.45) is 1.94. The molecule has 1 unspecified atom stereocenters.